The lowest BCUT2D eigenvalue weighted by molar-refractivity contribution is 0.634. The Hall–Kier alpha value is -1.04. The molecule has 1 saturated carbocycles. The third kappa shape index (κ3) is 2.46. The van der Waals surface area contributed by atoms with Crippen molar-refractivity contribution in [2.24, 2.45) is 5.92 Å². The third-order valence-corrected chi connectivity index (χ3v) is 4.13. The summed E-state index contributed by atoms with van der Waals surface area (Å²) in [5, 5.41) is 0. The summed E-state index contributed by atoms with van der Waals surface area (Å²) in [6.45, 7) is 9.12. The molecule has 0 spiro atoms. The second kappa shape index (κ2) is 5.08. The summed E-state index contributed by atoms with van der Waals surface area (Å²) in [4.78, 5) is 0. The van der Waals surface area contributed by atoms with Crippen LogP contribution < -0.4 is 0 Å². The van der Waals surface area contributed by atoms with E-state index in [1.165, 1.54) is 42.4 Å². The topological polar surface area (TPSA) is 0 Å². The van der Waals surface area contributed by atoms with Gasteiger partial charge in [-0.15, -0.1) is 0 Å². The molecule has 1 unspecified atom stereocenters. The third-order valence-electron chi connectivity index (χ3n) is 4.13. The maximum atomic E-state index is 2.38. The lowest BCUT2D eigenvalue weighted by atomic mass is 9.78. The number of allylic oxidation sites excluding steroid dienone is 2. The monoisotopic (exact) mass is 228 g/mol. The summed E-state index contributed by atoms with van der Waals surface area (Å²) in [7, 11) is 0. The van der Waals surface area contributed by atoms with E-state index in [1.54, 1.807) is 11.1 Å². The molecule has 0 amide bonds. The highest BCUT2D eigenvalue weighted by Crippen LogP contribution is 2.39. The maximum Gasteiger partial charge on any atom is -0.0187 e. The summed E-state index contributed by atoms with van der Waals surface area (Å²) >= 11 is 0. The zero-order valence-corrected chi connectivity index (χ0v) is 11.6. The van der Waals surface area contributed by atoms with Gasteiger partial charge in [0.05, 0.1) is 0 Å². The number of benzene rings is 1. The molecule has 0 heterocycles. The van der Waals surface area contributed by atoms with Gasteiger partial charge in [-0.2, -0.15) is 0 Å². The molecule has 0 N–H and O–H groups in total. The Morgan fingerprint density at radius 3 is 2.47 bits per heavy atom. The van der Waals surface area contributed by atoms with Gasteiger partial charge in [0.15, 0.2) is 0 Å². The lowest BCUT2D eigenvalue weighted by Gasteiger charge is -2.27. The molecule has 1 fully saturated rings. The van der Waals surface area contributed by atoms with Crippen LogP contribution in [0.4, 0.5) is 0 Å². The van der Waals surface area contributed by atoms with Gasteiger partial charge in [0.1, 0.15) is 0 Å². The van der Waals surface area contributed by atoms with Crippen molar-refractivity contribution in [2.45, 2.75) is 53.4 Å². The first-order valence-electron chi connectivity index (χ1n) is 6.93. The molecule has 17 heavy (non-hydrogen) atoms. The fraction of sp³-hybridized carbons (Fsp3) is 0.529. The molecule has 0 bridgehead atoms. The second-order valence-corrected chi connectivity index (χ2v) is 5.50. The highest BCUT2D eigenvalue weighted by molar-refractivity contribution is 5.73. The van der Waals surface area contributed by atoms with Crippen molar-refractivity contribution in [3.8, 4) is 0 Å². The van der Waals surface area contributed by atoms with Crippen LogP contribution >= 0.6 is 0 Å². The highest BCUT2D eigenvalue weighted by atomic mass is 14.3. The minimum absolute atomic E-state index is 0.700. The number of aryl methyl sites for hydroxylation is 2. The molecule has 1 aliphatic rings. The van der Waals surface area contributed by atoms with E-state index < -0.39 is 0 Å². The Morgan fingerprint density at radius 1 is 1.24 bits per heavy atom. The van der Waals surface area contributed by atoms with Gasteiger partial charge in [-0.1, -0.05) is 43.2 Å². The molecular formula is C17H24. The van der Waals surface area contributed by atoms with Crippen molar-refractivity contribution < 1.29 is 0 Å². The average molecular weight is 228 g/mol. The van der Waals surface area contributed by atoms with E-state index >= 15 is 0 Å². The zero-order chi connectivity index (χ0) is 12.4. The molecule has 0 heteroatoms. The minimum Gasteiger partial charge on any atom is -0.0661 e. The van der Waals surface area contributed by atoms with Crippen molar-refractivity contribution >= 4 is 5.57 Å². The Balaban J connectivity index is 2.49. The second-order valence-electron chi connectivity index (χ2n) is 5.50. The Labute approximate surface area is 106 Å². The maximum absolute atomic E-state index is 2.38. The van der Waals surface area contributed by atoms with Gasteiger partial charge < -0.3 is 0 Å². The molecule has 2 rings (SSSR count). The van der Waals surface area contributed by atoms with E-state index in [1.807, 2.05) is 0 Å². The van der Waals surface area contributed by atoms with Gasteiger partial charge in [-0.3, -0.25) is 0 Å². The van der Waals surface area contributed by atoms with Gasteiger partial charge in [0.2, 0.25) is 0 Å². The number of hydrogen-bond donors (Lipinski definition) is 0. The summed E-state index contributed by atoms with van der Waals surface area (Å²) in [5.41, 5.74) is 7.69. The molecule has 92 valence electrons. The summed E-state index contributed by atoms with van der Waals surface area (Å²) in [6.07, 6.45) is 5.28. The van der Waals surface area contributed by atoms with Crippen LogP contribution in [-0.4, -0.2) is 0 Å². The first-order valence-corrected chi connectivity index (χ1v) is 6.93. The molecule has 0 aromatic heterocycles. The highest BCUT2D eigenvalue weighted by Gasteiger charge is 2.20. The molecule has 1 aromatic rings. The lowest BCUT2D eigenvalue weighted by Crippen LogP contribution is -2.09. The normalized spacial score (nSPS) is 16.6. The predicted molar refractivity (Wildman–Crippen MR) is 76.1 cm³/mol. The first-order chi connectivity index (χ1) is 8.13. The van der Waals surface area contributed by atoms with E-state index in [0.29, 0.717) is 5.92 Å². The van der Waals surface area contributed by atoms with E-state index in [-0.39, 0.29) is 0 Å². The predicted octanol–water partition coefficient (Wildman–Crippen LogP) is 5.29. The molecule has 0 nitrogen and oxygen atoms in total. The van der Waals surface area contributed by atoms with Gasteiger partial charge in [-0.05, 0) is 62.1 Å². The Kier molecular flexibility index (Phi) is 3.71. The standard InChI is InChI=1S/C17H24/c1-5-13(3)17(15-7-6-8-15)16-11-12(2)9-10-14(16)4/h9-11,13H,5-8H2,1-4H3. The van der Waals surface area contributed by atoms with Crippen molar-refractivity contribution in [1.29, 1.82) is 0 Å². The molecule has 1 aliphatic carbocycles. The molecule has 1 atom stereocenters. The van der Waals surface area contributed by atoms with Crippen LogP contribution in [0.25, 0.3) is 5.57 Å². The molecule has 1 aromatic carbocycles. The zero-order valence-electron chi connectivity index (χ0n) is 11.6. The van der Waals surface area contributed by atoms with Crippen molar-refractivity contribution in [2.75, 3.05) is 0 Å². The van der Waals surface area contributed by atoms with Crippen LogP contribution in [0.5, 0.6) is 0 Å². The van der Waals surface area contributed by atoms with E-state index in [4.69, 9.17) is 0 Å². The van der Waals surface area contributed by atoms with Crippen LogP contribution in [0.2, 0.25) is 0 Å². The summed E-state index contributed by atoms with van der Waals surface area (Å²) < 4.78 is 0. The largest absolute Gasteiger partial charge is 0.0661 e. The quantitative estimate of drug-likeness (QED) is 0.659. The summed E-state index contributed by atoms with van der Waals surface area (Å²) in [6, 6.07) is 6.87. The summed E-state index contributed by atoms with van der Waals surface area (Å²) in [5.74, 6) is 0.700. The Morgan fingerprint density at radius 2 is 1.94 bits per heavy atom. The molecule has 0 aliphatic heterocycles. The molecular weight excluding hydrogens is 204 g/mol. The fourth-order valence-corrected chi connectivity index (χ4v) is 2.66. The van der Waals surface area contributed by atoms with Gasteiger partial charge >= 0.3 is 0 Å². The van der Waals surface area contributed by atoms with Crippen LogP contribution in [0, 0.1) is 19.8 Å². The van der Waals surface area contributed by atoms with E-state index in [9.17, 15) is 0 Å². The van der Waals surface area contributed by atoms with Crippen LogP contribution in [0.3, 0.4) is 0 Å². The van der Waals surface area contributed by atoms with Gasteiger partial charge in [0, 0.05) is 0 Å². The van der Waals surface area contributed by atoms with Crippen LogP contribution in [0.15, 0.2) is 23.8 Å². The minimum atomic E-state index is 0.700. The molecule has 0 radical (unpaired) electrons. The van der Waals surface area contributed by atoms with Gasteiger partial charge in [-0.25, -0.2) is 0 Å². The SMILES string of the molecule is CCC(C)C(=C1CCC1)c1cc(C)ccc1C. The van der Waals surface area contributed by atoms with Crippen LogP contribution in [0.1, 0.15) is 56.2 Å². The van der Waals surface area contributed by atoms with Crippen molar-refractivity contribution in [3.05, 3.63) is 40.5 Å². The first kappa shape index (κ1) is 12.4. The van der Waals surface area contributed by atoms with Crippen molar-refractivity contribution in [1.82, 2.24) is 0 Å². The fourth-order valence-electron chi connectivity index (χ4n) is 2.66. The Bertz CT molecular complexity index is 431. The average Bonchev–Trinajstić information content (AvgIpc) is 2.26. The molecule has 0 saturated heterocycles. The van der Waals surface area contributed by atoms with E-state index in [0.717, 1.165) is 0 Å². The number of hydrogen-bond acceptors (Lipinski definition) is 0. The van der Waals surface area contributed by atoms with E-state index in [2.05, 4.69) is 45.9 Å². The van der Waals surface area contributed by atoms with Crippen molar-refractivity contribution in [3.63, 3.8) is 0 Å². The van der Waals surface area contributed by atoms with Gasteiger partial charge in [0.25, 0.3) is 0 Å². The smallest absolute Gasteiger partial charge is 0.0187 e. The number of rotatable bonds is 3. The van der Waals surface area contributed by atoms with Crippen LogP contribution in [-0.2, 0) is 0 Å².